The first-order valence-corrected chi connectivity index (χ1v) is 11.3. The molecule has 0 saturated carbocycles. The standard InChI is InChI=1S/C27H26O6/c1-4-10-18(11-5-1)25-28-16-21(30-25)23-24-22(31-27(33-24)20-14-8-3-9-15-20)17-29-26(32-23)19-12-6-2-7-13-19/h1-15,21-27H,16-17H2/t21-,22+,23-,24-,25?,26?,27?/m1/s1. The van der Waals surface area contributed by atoms with Gasteiger partial charge in [-0.1, -0.05) is 91.0 Å². The quantitative estimate of drug-likeness (QED) is 0.579. The molecule has 3 fully saturated rings. The van der Waals surface area contributed by atoms with Gasteiger partial charge in [0, 0.05) is 16.7 Å². The van der Waals surface area contributed by atoms with E-state index in [1.165, 1.54) is 0 Å². The molecule has 0 aromatic heterocycles. The predicted molar refractivity (Wildman–Crippen MR) is 119 cm³/mol. The minimum Gasteiger partial charge on any atom is -0.346 e. The fraction of sp³-hybridized carbons (Fsp3) is 0.333. The Morgan fingerprint density at radius 2 is 0.788 bits per heavy atom. The number of ether oxygens (including phenoxy) is 6. The molecule has 0 N–H and O–H groups in total. The molecule has 170 valence electrons. The number of rotatable bonds is 4. The second kappa shape index (κ2) is 9.35. The van der Waals surface area contributed by atoms with Gasteiger partial charge in [-0.2, -0.15) is 0 Å². The van der Waals surface area contributed by atoms with Crippen LogP contribution in [0.25, 0.3) is 0 Å². The molecule has 7 atom stereocenters. The maximum absolute atomic E-state index is 6.53. The van der Waals surface area contributed by atoms with E-state index in [4.69, 9.17) is 28.4 Å². The van der Waals surface area contributed by atoms with Crippen molar-refractivity contribution in [3.05, 3.63) is 108 Å². The zero-order valence-electron chi connectivity index (χ0n) is 18.1. The van der Waals surface area contributed by atoms with Gasteiger partial charge >= 0.3 is 0 Å². The van der Waals surface area contributed by atoms with Gasteiger partial charge in [-0.05, 0) is 0 Å². The maximum Gasteiger partial charge on any atom is 0.184 e. The number of hydrogen-bond donors (Lipinski definition) is 0. The Kier molecular flexibility index (Phi) is 5.94. The Morgan fingerprint density at radius 3 is 1.27 bits per heavy atom. The minimum atomic E-state index is -0.538. The fourth-order valence-electron chi connectivity index (χ4n) is 4.59. The van der Waals surface area contributed by atoms with Crippen molar-refractivity contribution in [3.63, 3.8) is 0 Å². The second-order valence-electron chi connectivity index (χ2n) is 8.44. The zero-order valence-corrected chi connectivity index (χ0v) is 18.1. The van der Waals surface area contributed by atoms with Crippen LogP contribution in [0, 0.1) is 0 Å². The number of benzene rings is 3. The van der Waals surface area contributed by atoms with Crippen LogP contribution >= 0.6 is 0 Å². The summed E-state index contributed by atoms with van der Waals surface area (Å²) in [5.41, 5.74) is 2.89. The van der Waals surface area contributed by atoms with Gasteiger partial charge < -0.3 is 28.4 Å². The van der Waals surface area contributed by atoms with Gasteiger partial charge in [0.25, 0.3) is 0 Å². The molecular weight excluding hydrogens is 420 g/mol. The first-order chi connectivity index (χ1) is 16.3. The van der Waals surface area contributed by atoms with Crippen LogP contribution in [-0.4, -0.2) is 37.6 Å². The molecule has 3 aliphatic heterocycles. The summed E-state index contributed by atoms with van der Waals surface area (Å²) < 4.78 is 37.8. The highest BCUT2D eigenvalue weighted by Gasteiger charge is 2.50. The van der Waals surface area contributed by atoms with Crippen LogP contribution in [0.1, 0.15) is 35.6 Å². The molecule has 6 heteroatoms. The minimum absolute atomic E-state index is 0.284. The Bertz CT molecular complexity index is 1030. The van der Waals surface area contributed by atoms with Crippen molar-refractivity contribution in [2.24, 2.45) is 0 Å². The Labute approximate surface area is 192 Å². The molecule has 6 rings (SSSR count). The van der Waals surface area contributed by atoms with E-state index in [1.807, 2.05) is 91.0 Å². The molecule has 0 bridgehead atoms. The summed E-state index contributed by atoms with van der Waals surface area (Å²) in [6.07, 6.45) is -2.84. The van der Waals surface area contributed by atoms with Crippen LogP contribution < -0.4 is 0 Å². The van der Waals surface area contributed by atoms with Gasteiger partial charge in [0.2, 0.25) is 0 Å². The highest BCUT2D eigenvalue weighted by Crippen LogP contribution is 2.41. The molecule has 0 amide bonds. The molecule has 0 aliphatic carbocycles. The summed E-state index contributed by atoms with van der Waals surface area (Å²) in [5, 5.41) is 0. The summed E-state index contributed by atoms with van der Waals surface area (Å²) in [4.78, 5) is 0. The predicted octanol–water partition coefficient (Wildman–Crippen LogP) is 4.70. The summed E-state index contributed by atoms with van der Waals surface area (Å²) in [6, 6.07) is 29.8. The summed E-state index contributed by atoms with van der Waals surface area (Å²) in [6.45, 7) is 0.758. The normalized spacial score (nSPS) is 34.0. The van der Waals surface area contributed by atoms with Crippen molar-refractivity contribution in [3.8, 4) is 0 Å². The monoisotopic (exact) mass is 446 g/mol. The first kappa shape index (κ1) is 21.0. The summed E-state index contributed by atoms with van der Waals surface area (Å²) in [5.74, 6) is 0. The molecule has 0 spiro atoms. The molecule has 3 aromatic rings. The van der Waals surface area contributed by atoms with E-state index in [2.05, 4.69) is 0 Å². The van der Waals surface area contributed by atoms with E-state index in [-0.39, 0.29) is 18.3 Å². The Balaban J connectivity index is 1.26. The fourth-order valence-corrected chi connectivity index (χ4v) is 4.59. The van der Waals surface area contributed by atoms with Crippen LogP contribution in [0.2, 0.25) is 0 Å². The second-order valence-corrected chi connectivity index (χ2v) is 8.44. The van der Waals surface area contributed by atoms with Gasteiger partial charge in [0.1, 0.15) is 24.4 Å². The van der Waals surface area contributed by atoms with Gasteiger partial charge in [-0.25, -0.2) is 0 Å². The van der Waals surface area contributed by atoms with Crippen molar-refractivity contribution in [1.82, 2.24) is 0 Å². The summed E-state index contributed by atoms with van der Waals surface area (Å²) in [7, 11) is 0. The van der Waals surface area contributed by atoms with E-state index in [9.17, 15) is 0 Å². The molecule has 3 saturated heterocycles. The zero-order chi connectivity index (χ0) is 22.0. The third-order valence-corrected chi connectivity index (χ3v) is 6.25. The van der Waals surface area contributed by atoms with Gasteiger partial charge in [0.05, 0.1) is 13.2 Å². The van der Waals surface area contributed by atoms with Crippen molar-refractivity contribution in [1.29, 1.82) is 0 Å². The third kappa shape index (κ3) is 4.34. The van der Waals surface area contributed by atoms with Crippen LogP contribution in [0.15, 0.2) is 91.0 Å². The van der Waals surface area contributed by atoms with Crippen LogP contribution in [0.4, 0.5) is 0 Å². The Hall–Kier alpha value is -2.58. The molecule has 33 heavy (non-hydrogen) atoms. The number of fused-ring (bicyclic) bond motifs is 1. The van der Waals surface area contributed by atoms with Crippen molar-refractivity contribution >= 4 is 0 Å². The van der Waals surface area contributed by atoms with Crippen LogP contribution in [0.5, 0.6) is 0 Å². The van der Waals surface area contributed by atoms with Crippen molar-refractivity contribution in [2.45, 2.75) is 43.3 Å². The lowest BCUT2D eigenvalue weighted by Gasteiger charge is -2.29. The maximum atomic E-state index is 6.53. The van der Waals surface area contributed by atoms with E-state index >= 15 is 0 Å². The average molecular weight is 446 g/mol. The lowest BCUT2D eigenvalue weighted by atomic mass is 10.0. The van der Waals surface area contributed by atoms with E-state index in [0.717, 1.165) is 16.7 Å². The number of hydrogen-bond acceptors (Lipinski definition) is 6. The molecule has 3 aromatic carbocycles. The topological polar surface area (TPSA) is 55.4 Å². The van der Waals surface area contributed by atoms with Gasteiger partial charge in [-0.15, -0.1) is 0 Å². The highest BCUT2D eigenvalue weighted by atomic mass is 16.8. The molecular formula is C27H26O6. The van der Waals surface area contributed by atoms with Crippen molar-refractivity contribution in [2.75, 3.05) is 13.2 Å². The highest BCUT2D eigenvalue weighted by molar-refractivity contribution is 5.19. The largest absolute Gasteiger partial charge is 0.346 e. The first-order valence-electron chi connectivity index (χ1n) is 11.3. The van der Waals surface area contributed by atoms with E-state index < -0.39 is 25.0 Å². The van der Waals surface area contributed by atoms with E-state index in [1.54, 1.807) is 0 Å². The molecule has 6 nitrogen and oxygen atoms in total. The lowest BCUT2D eigenvalue weighted by molar-refractivity contribution is -0.217. The average Bonchev–Trinajstić information content (AvgIpc) is 3.51. The molecule has 3 heterocycles. The SMILES string of the molecule is c1ccc(C2OC[C@@H]3OC(c4ccccc4)O[C@H]3[C@@H]([C@H]3COC(c4ccccc4)O3)O2)cc1. The van der Waals surface area contributed by atoms with Crippen LogP contribution in [-0.2, 0) is 28.4 Å². The lowest BCUT2D eigenvalue weighted by Crippen LogP contribution is -2.45. The van der Waals surface area contributed by atoms with Gasteiger partial charge in [0.15, 0.2) is 18.9 Å². The Morgan fingerprint density at radius 1 is 0.424 bits per heavy atom. The van der Waals surface area contributed by atoms with E-state index in [0.29, 0.717) is 13.2 Å². The molecule has 3 aliphatic rings. The summed E-state index contributed by atoms with van der Waals surface area (Å²) >= 11 is 0. The smallest absolute Gasteiger partial charge is 0.184 e. The van der Waals surface area contributed by atoms with Crippen molar-refractivity contribution < 1.29 is 28.4 Å². The third-order valence-electron chi connectivity index (χ3n) is 6.25. The van der Waals surface area contributed by atoms with Gasteiger partial charge in [-0.3, -0.25) is 0 Å². The molecule has 3 unspecified atom stereocenters. The van der Waals surface area contributed by atoms with Crippen LogP contribution in [0.3, 0.4) is 0 Å². The molecule has 0 radical (unpaired) electrons.